The van der Waals surface area contributed by atoms with Gasteiger partial charge in [0.25, 0.3) is 5.69 Å². The zero-order valence-corrected chi connectivity index (χ0v) is 11.2. The van der Waals surface area contributed by atoms with Crippen LogP contribution in [-0.4, -0.2) is 24.2 Å². The molecule has 1 aromatic rings. The number of hydrogen-bond acceptors (Lipinski definition) is 4. The first-order valence-electron chi connectivity index (χ1n) is 6.72. The van der Waals surface area contributed by atoms with Crippen LogP contribution in [0.25, 0.3) is 0 Å². The summed E-state index contributed by atoms with van der Waals surface area (Å²) in [6.45, 7) is 4.32. The van der Waals surface area contributed by atoms with Crippen molar-refractivity contribution in [2.45, 2.75) is 32.4 Å². The van der Waals surface area contributed by atoms with Crippen molar-refractivity contribution in [1.29, 1.82) is 0 Å². The number of nitro groups is 1. The SMILES string of the molecule is CC(NCc1ccccc1[N+](=O)[O-])C1CCOCC1. The maximum absolute atomic E-state index is 10.9. The first-order chi connectivity index (χ1) is 9.18. The highest BCUT2D eigenvalue weighted by Gasteiger charge is 2.21. The zero-order chi connectivity index (χ0) is 13.7. The Morgan fingerprint density at radius 1 is 1.42 bits per heavy atom. The average Bonchev–Trinajstić information content (AvgIpc) is 2.46. The van der Waals surface area contributed by atoms with Crippen LogP contribution in [0.5, 0.6) is 0 Å². The molecule has 5 nitrogen and oxygen atoms in total. The lowest BCUT2D eigenvalue weighted by molar-refractivity contribution is -0.385. The number of benzene rings is 1. The van der Waals surface area contributed by atoms with Crippen molar-refractivity contribution in [3.63, 3.8) is 0 Å². The third-order valence-corrected chi connectivity index (χ3v) is 3.78. The Morgan fingerprint density at radius 3 is 2.79 bits per heavy atom. The molecule has 1 unspecified atom stereocenters. The molecule has 1 atom stereocenters. The topological polar surface area (TPSA) is 64.4 Å². The molecule has 1 aliphatic heterocycles. The first kappa shape index (κ1) is 14.0. The van der Waals surface area contributed by atoms with Gasteiger partial charge in [0.2, 0.25) is 0 Å². The average molecular weight is 264 g/mol. The Bertz CT molecular complexity index is 430. The van der Waals surface area contributed by atoms with Crippen LogP contribution >= 0.6 is 0 Å². The van der Waals surface area contributed by atoms with Crippen LogP contribution < -0.4 is 5.32 Å². The van der Waals surface area contributed by atoms with E-state index in [0.717, 1.165) is 31.6 Å². The summed E-state index contributed by atoms with van der Waals surface area (Å²) in [6.07, 6.45) is 2.12. The summed E-state index contributed by atoms with van der Waals surface area (Å²) in [5.41, 5.74) is 0.931. The number of nitrogens with zero attached hydrogens (tertiary/aromatic N) is 1. The Morgan fingerprint density at radius 2 is 2.11 bits per heavy atom. The second-order valence-corrected chi connectivity index (χ2v) is 5.01. The molecule has 104 valence electrons. The minimum Gasteiger partial charge on any atom is -0.381 e. The fourth-order valence-corrected chi connectivity index (χ4v) is 2.49. The van der Waals surface area contributed by atoms with Crippen LogP contribution in [0.2, 0.25) is 0 Å². The highest BCUT2D eigenvalue weighted by atomic mass is 16.6. The van der Waals surface area contributed by atoms with Crippen LogP contribution in [-0.2, 0) is 11.3 Å². The van der Waals surface area contributed by atoms with E-state index in [9.17, 15) is 10.1 Å². The van der Waals surface area contributed by atoms with Gasteiger partial charge in [0.05, 0.1) is 4.92 Å². The fraction of sp³-hybridized carbons (Fsp3) is 0.571. The van der Waals surface area contributed by atoms with Gasteiger partial charge in [-0.05, 0) is 25.7 Å². The molecule has 19 heavy (non-hydrogen) atoms. The van der Waals surface area contributed by atoms with Gasteiger partial charge in [-0.1, -0.05) is 18.2 Å². The van der Waals surface area contributed by atoms with Crippen molar-refractivity contribution in [1.82, 2.24) is 5.32 Å². The third kappa shape index (κ3) is 3.75. The Hall–Kier alpha value is -1.46. The van der Waals surface area contributed by atoms with Crippen molar-refractivity contribution < 1.29 is 9.66 Å². The first-order valence-corrected chi connectivity index (χ1v) is 6.72. The van der Waals surface area contributed by atoms with Gasteiger partial charge in [0.1, 0.15) is 0 Å². The maximum Gasteiger partial charge on any atom is 0.273 e. The fourth-order valence-electron chi connectivity index (χ4n) is 2.49. The Labute approximate surface area is 113 Å². The molecule has 0 amide bonds. The van der Waals surface area contributed by atoms with Gasteiger partial charge in [0, 0.05) is 37.4 Å². The normalized spacial score (nSPS) is 18.2. The van der Waals surface area contributed by atoms with Crippen LogP contribution in [0.1, 0.15) is 25.3 Å². The minimum absolute atomic E-state index is 0.189. The summed E-state index contributed by atoms with van der Waals surface area (Å²) in [5.74, 6) is 0.594. The zero-order valence-electron chi connectivity index (χ0n) is 11.2. The number of para-hydroxylation sites is 1. The molecular weight excluding hydrogens is 244 g/mol. The second kappa shape index (κ2) is 6.63. The Balaban J connectivity index is 1.92. The molecule has 5 heteroatoms. The second-order valence-electron chi connectivity index (χ2n) is 5.01. The summed E-state index contributed by atoms with van der Waals surface area (Å²) < 4.78 is 5.35. The summed E-state index contributed by atoms with van der Waals surface area (Å²) in [5, 5.41) is 14.3. The number of rotatable bonds is 5. The molecule has 1 aromatic carbocycles. The molecule has 0 bridgehead atoms. The van der Waals surface area contributed by atoms with E-state index in [0.29, 0.717) is 18.5 Å². The molecule has 1 fully saturated rings. The van der Waals surface area contributed by atoms with E-state index < -0.39 is 0 Å². The highest BCUT2D eigenvalue weighted by molar-refractivity contribution is 5.39. The van der Waals surface area contributed by atoms with Crippen molar-refractivity contribution in [3.8, 4) is 0 Å². The predicted molar refractivity (Wildman–Crippen MR) is 72.9 cm³/mol. The highest BCUT2D eigenvalue weighted by Crippen LogP contribution is 2.21. The van der Waals surface area contributed by atoms with Crippen molar-refractivity contribution in [2.75, 3.05) is 13.2 Å². The molecule has 1 aliphatic rings. The van der Waals surface area contributed by atoms with Gasteiger partial charge in [-0.15, -0.1) is 0 Å². The molecule has 1 saturated heterocycles. The standard InChI is InChI=1S/C14H20N2O3/c1-11(12-6-8-19-9-7-12)15-10-13-4-2-3-5-14(13)16(17)18/h2-5,11-12,15H,6-10H2,1H3. The van der Waals surface area contributed by atoms with Crippen molar-refractivity contribution in [2.24, 2.45) is 5.92 Å². The maximum atomic E-state index is 10.9. The molecule has 1 heterocycles. The lowest BCUT2D eigenvalue weighted by Gasteiger charge is -2.28. The molecular formula is C14H20N2O3. The van der Waals surface area contributed by atoms with Crippen LogP contribution in [0, 0.1) is 16.0 Å². The third-order valence-electron chi connectivity index (χ3n) is 3.78. The van der Waals surface area contributed by atoms with E-state index in [-0.39, 0.29) is 10.6 Å². The number of nitro benzene ring substituents is 1. The molecule has 0 radical (unpaired) electrons. The van der Waals surface area contributed by atoms with Gasteiger partial charge in [-0.25, -0.2) is 0 Å². The number of nitrogens with one attached hydrogen (secondary N) is 1. The van der Waals surface area contributed by atoms with E-state index in [1.165, 1.54) is 0 Å². The largest absolute Gasteiger partial charge is 0.381 e. The van der Waals surface area contributed by atoms with Crippen molar-refractivity contribution in [3.05, 3.63) is 39.9 Å². The summed E-state index contributed by atoms with van der Waals surface area (Å²) in [6, 6.07) is 7.24. The lowest BCUT2D eigenvalue weighted by atomic mass is 9.93. The van der Waals surface area contributed by atoms with E-state index in [2.05, 4.69) is 12.2 Å². The minimum atomic E-state index is -0.323. The van der Waals surface area contributed by atoms with E-state index >= 15 is 0 Å². The van der Waals surface area contributed by atoms with Gasteiger partial charge in [-0.2, -0.15) is 0 Å². The summed E-state index contributed by atoms with van der Waals surface area (Å²) in [4.78, 5) is 10.6. The van der Waals surface area contributed by atoms with E-state index in [4.69, 9.17) is 4.74 Å². The Kier molecular flexibility index (Phi) is 4.87. The molecule has 0 aliphatic carbocycles. The quantitative estimate of drug-likeness (QED) is 0.655. The van der Waals surface area contributed by atoms with Crippen LogP contribution in [0.15, 0.2) is 24.3 Å². The predicted octanol–water partition coefficient (Wildman–Crippen LogP) is 2.50. The molecule has 0 aromatic heterocycles. The number of ether oxygens (including phenoxy) is 1. The van der Waals surface area contributed by atoms with E-state index in [1.807, 2.05) is 12.1 Å². The summed E-state index contributed by atoms with van der Waals surface area (Å²) >= 11 is 0. The van der Waals surface area contributed by atoms with Gasteiger partial charge < -0.3 is 10.1 Å². The van der Waals surface area contributed by atoms with Gasteiger partial charge in [0.15, 0.2) is 0 Å². The molecule has 0 spiro atoms. The lowest BCUT2D eigenvalue weighted by Crippen LogP contribution is -2.36. The molecule has 2 rings (SSSR count). The van der Waals surface area contributed by atoms with Crippen LogP contribution in [0.4, 0.5) is 5.69 Å². The molecule has 1 N–H and O–H groups in total. The number of hydrogen-bond donors (Lipinski definition) is 1. The molecule has 0 saturated carbocycles. The van der Waals surface area contributed by atoms with E-state index in [1.54, 1.807) is 12.1 Å². The van der Waals surface area contributed by atoms with Crippen LogP contribution in [0.3, 0.4) is 0 Å². The monoisotopic (exact) mass is 264 g/mol. The van der Waals surface area contributed by atoms with Gasteiger partial charge >= 0.3 is 0 Å². The van der Waals surface area contributed by atoms with Crippen molar-refractivity contribution >= 4 is 5.69 Å². The van der Waals surface area contributed by atoms with Gasteiger partial charge in [-0.3, -0.25) is 10.1 Å². The smallest absolute Gasteiger partial charge is 0.273 e. The summed E-state index contributed by atoms with van der Waals surface area (Å²) in [7, 11) is 0.